The summed E-state index contributed by atoms with van der Waals surface area (Å²) in [5.74, 6) is -0.696. The molecule has 14 heteroatoms. The first kappa shape index (κ1) is 23.4. The summed E-state index contributed by atoms with van der Waals surface area (Å²) in [6.45, 7) is 0.175. The molecule has 0 atom stereocenters. The van der Waals surface area contributed by atoms with Crippen molar-refractivity contribution in [3.05, 3.63) is 77.1 Å². The number of rotatable bonds is 7. The number of anilines is 2. The minimum absolute atomic E-state index is 0.0502. The van der Waals surface area contributed by atoms with Gasteiger partial charge in [0, 0.05) is 12.7 Å². The van der Waals surface area contributed by atoms with Crippen molar-refractivity contribution in [1.82, 2.24) is 30.7 Å². The number of aromatic nitrogens is 5. The fourth-order valence-electron chi connectivity index (χ4n) is 3.10. The molecule has 0 unspecified atom stereocenters. The molecule has 0 saturated heterocycles. The molecular weight excluding hydrogens is 467 g/mol. The Morgan fingerprint density at radius 3 is 2.51 bits per heavy atom. The lowest BCUT2D eigenvalue weighted by Crippen LogP contribution is -2.24. The van der Waals surface area contributed by atoms with Crippen LogP contribution in [0.3, 0.4) is 0 Å². The van der Waals surface area contributed by atoms with Crippen LogP contribution in [-0.4, -0.2) is 44.5 Å². The molecule has 0 bridgehead atoms. The van der Waals surface area contributed by atoms with Crippen molar-refractivity contribution < 1.29 is 22.6 Å². The number of carbonyl (C=O) groups is 1. The van der Waals surface area contributed by atoms with E-state index in [2.05, 4.69) is 35.8 Å². The summed E-state index contributed by atoms with van der Waals surface area (Å²) >= 11 is 0. The molecule has 180 valence electrons. The topological polar surface area (TPSA) is 140 Å². The van der Waals surface area contributed by atoms with Gasteiger partial charge in [-0.15, -0.1) is 5.10 Å². The zero-order valence-electron chi connectivity index (χ0n) is 18.1. The van der Waals surface area contributed by atoms with Crippen LogP contribution in [0, 0.1) is 0 Å². The molecule has 0 fully saturated rings. The number of amides is 1. The molecule has 2 aromatic carbocycles. The SMILES string of the molecule is CN(Cc1c(C(=O)N/N=C\c2ccc(C(F)(F)F)cc2)nnn1-c1nonc1N)c1ccccc1. The molecule has 0 aliphatic rings. The maximum atomic E-state index is 12.8. The number of halogens is 3. The Bertz CT molecular complexity index is 1330. The van der Waals surface area contributed by atoms with E-state index >= 15 is 0 Å². The number of para-hydroxylation sites is 1. The van der Waals surface area contributed by atoms with Crippen LogP contribution in [0.5, 0.6) is 0 Å². The van der Waals surface area contributed by atoms with Crippen LogP contribution in [0.25, 0.3) is 5.82 Å². The number of nitrogens with one attached hydrogen (secondary N) is 1. The van der Waals surface area contributed by atoms with Gasteiger partial charge in [0.25, 0.3) is 5.91 Å². The molecule has 4 aromatic rings. The van der Waals surface area contributed by atoms with E-state index in [9.17, 15) is 18.0 Å². The molecule has 0 aliphatic heterocycles. The molecule has 3 N–H and O–H groups in total. The molecule has 0 aliphatic carbocycles. The third-order valence-electron chi connectivity index (χ3n) is 4.88. The van der Waals surface area contributed by atoms with Crippen LogP contribution in [-0.2, 0) is 12.7 Å². The predicted molar refractivity (Wildman–Crippen MR) is 119 cm³/mol. The van der Waals surface area contributed by atoms with Crippen molar-refractivity contribution >= 4 is 23.6 Å². The van der Waals surface area contributed by atoms with Gasteiger partial charge in [-0.25, -0.2) is 10.1 Å². The van der Waals surface area contributed by atoms with Crippen molar-refractivity contribution in [3.63, 3.8) is 0 Å². The smallest absolute Gasteiger partial charge is 0.378 e. The van der Waals surface area contributed by atoms with E-state index in [1.54, 1.807) is 0 Å². The van der Waals surface area contributed by atoms with Crippen LogP contribution in [0.2, 0.25) is 0 Å². The molecule has 2 heterocycles. The minimum atomic E-state index is -4.44. The number of hydrazone groups is 1. The van der Waals surface area contributed by atoms with Crippen LogP contribution in [0.1, 0.15) is 27.3 Å². The van der Waals surface area contributed by atoms with Crippen molar-refractivity contribution in [3.8, 4) is 5.82 Å². The second kappa shape index (κ2) is 9.62. The molecule has 4 rings (SSSR count). The Balaban J connectivity index is 1.56. The predicted octanol–water partition coefficient (Wildman–Crippen LogP) is 2.65. The van der Waals surface area contributed by atoms with E-state index in [0.29, 0.717) is 11.3 Å². The van der Waals surface area contributed by atoms with E-state index in [4.69, 9.17) is 5.73 Å². The van der Waals surface area contributed by atoms with Gasteiger partial charge in [-0.05, 0) is 40.1 Å². The van der Waals surface area contributed by atoms with Gasteiger partial charge in [0.2, 0.25) is 11.6 Å². The summed E-state index contributed by atoms with van der Waals surface area (Å²) in [5, 5.41) is 18.9. The molecule has 2 aromatic heterocycles. The van der Waals surface area contributed by atoms with Gasteiger partial charge in [0.1, 0.15) is 0 Å². The van der Waals surface area contributed by atoms with Gasteiger partial charge >= 0.3 is 6.18 Å². The van der Waals surface area contributed by atoms with Crippen LogP contribution in [0.4, 0.5) is 24.7 Å². The first-order valence-corrected chi connectivity index (χ1v) is 10.0. The highest BCUT2D eigenvalue weighted by molar-refractivity contribution is 5.94. The third-order valence-corrected chi connectivity index (χ3v) is 4.88. The Morgan fingerprint density at radius 1 is 1.17 bits per heavy atom. The number of benzene rings is 2. The summed E-state index contributed by atoms with van der Waals surface area (Å²) in [6, 6.07) is 13.7. The van der Waals surface area contributed by atoms with Crippen LogP contribution in [0.15, 0.2) is 64.3 Å². The van der Waals surface area contributed by atoms with Gasteiger partial charge in [-0.2, -0.15) is 23.0 Å². The van der Waals surface area contributed by atoms with Gasteiger partial charge < -0.3 is 10.6 Å². The first-order chi connectivity index (χ1) is 16.7. The Kier molecular flexibility index (Phi) is 6.44. The number of nitrogens with zero attached hydrogens (tertiary/aromatic N) is 7. The van der Waals surface area contributed by atoms with Crippen molar-refractivity contribution in [2.24, 2.45) is 5.10 Å². The highest BCUT2D eigenvalue weighted by atomic mass is 19.4. The zero-order valence-corrected chi connectivity index (χ0v) is 18.1. The van der Waals surface area contributed by atoms with Gasteiger partial charge in [-0.1, -0.05) is 35.5 Å². The van der Waals surface area contributed by atoms with Gasteiger partial charge in [0.05, 0.1) is 24.0 Å². The molecule has 0 saturated carbocycles. The van der Waals surface area contributed by atoms with E-state index in [1.807, 2.05) is 42.3 Å². The number of nitrogen functional groups attached to an aromatic ring is 1. The van der Waals surface area contributed by atoms with Crippen molar-refractivity contribution in [1.29, 1.82) is 0 Å². The van der Waals surface area contributed by atoms with Gasteiger partial charge in [-0.3, -0.25) is 4.79 Å². The second-order valence-electron chi connectivity index (χ2n) is 7.28. The number of carbonyl (C=O) groups excluding carboxylic acids is 1. The van der Waals surface area contributed by atoms with Crippen LogP contribution < -0.4 is 16.1 Å². The summed E-state index contributed by atoms with van der Waals surface area (Å²) in [6.07, 6.45) is -3.24. The summed E-state index contributed by atoms with van der Waals surface area (Å²) in [7, 11) is 1.81. The number of hydrogen-bond acceptors (Lipinski definition) is 9. The third kappa shape index (κ3) is 5.26. The quantitative estimate of drug-likeness (QED) is 0.301. The normalized spacial score (nSPS) is 11.7. The van der Waals surface area contributed by atoms with E-state index in [0.717, 1.165) is 17.8 Å². The van der Waals surface area contributed by atoms with Crippen molar-refractivity contribution in [2.45, 2.75) is 12.7 Å². The lowest BCUT2D eigenvalue weighted by molar-refractivity contribution is -0.137. The lowest BCUT2D eigenvalue weighted by Gasteiger charge is -2.19. The fourth-order valence-corrected chi connectivity index (χ4v) is 3.10. The number of nitrogens with two attached hydrogens (primary N) is 1. The fraction of sp³-hybridized carbons (Fsp3) is 0.143. The molecule has 35 heavy (non-hydrogen) atoms. The monoisotopic (exact) mass is 485 g/mol. The standard InChI is InChI=1S/C21H18F3N9O2/c1-32(15-5-3-2-4-6-15)12-16-17(27-31-33(16)19-18(25)29-35-30-19)20(34)28-26-11-13-7-9-14(10-8-13)21(22,23)24/h2-11H,12H2,1H3,(H2,25,29)(H,28,34)/b26-11-. The van der Waals surface area contributed by atoms with Crippen LogP contribution >= 0.6 is 0 Å². The van der Waals surface area contributed by atoms with Crippen molar-refractivity contribution in [2.75, 3.05) is 17.7 Å². The summed E-state index contributed by atoms with van der Waals surface area (Å²) in [4.78, 5) is 14.7. The summed E-state index contributed by atoms with van der Waals surface area (Å²) < 4.78 is 44.0. The highest BCUT2D eigenvalue weighted by Gasteiger charge is 2.30. The number of hydrogen-bond donors (Lipinski definition) is 2. The Hall–Kier alpha value is -4.75. The van der Waals surface area contributed by atoms with E-state index in [1.165, 1.54) is 23.0 Å². The molecule has 0 spiro atoms. The minimum Gasteiger partial charge on any atom is -0.378 e. The molecule has 11 nitrogen and oxygen atoms in total. The summed E-state index contributed by atoms with van der Waals surface area (Å²) in [5.41, 5.74) is 8.77. The maximum Gasteiger partial charge on any atom is 0.416 e. The highest BCUT2D eigenvalue weighted by Crippen LogP contribution is 2.28. The Morgan fingerprint density at radius 2 is 1.89 bits per heavy atom. The second-order valence-corrected chi connectivity index (χ2v) is 7.28. The maximum absolute atomic E-state index is 12.8. The average molecular weight is 485 g/mol. The Labute approximate surface area is 196 Å². The van der Waals surface area contributed by atoms with E-state index < -0.39 is 17.6 Å². The zero-order chi connectivity index (χ0) is 25.0. The molecular formula is C21H18F3N9O2. The largest absolute Gasteiger partial charge is 0.416 e. The van der Waals surface area contributed by atoms with Gasteiger partial charge in [0.15, 0.2) is 5.69 Å². The molecule has 1 amide bonds. The molecule has 0 radical (unpaired) electrons. The first-order valence-electron chi connectivity index (χ1n) is 10.0. The van der Waals surface area contributed by atoms with E-state index in [-0.39, 0.29) is 23.9 Å². The lowest BCUT2D eigenvalue weighted by atomic mass is 10.1. The average Bonchev–Trinajstić information content (AvgIpc) is 3.45. The number of alkyl halides is 3.